The number of carboxylic acid groups (broad SMARTS) is 4. The van der Waals surface area contributed by atoms with Crippen LogP contribution in [0, 0.1) is 11.8 Å². The van der Waals surface area contributed by atoms with Crippen LogP contribution in [-0.2, 0) is 9.59 Å². The quantitative estimate of drug-likeness (QED) is 0.651. The highest BCUT2D eigenvalue weighted by molar-refractivity contribution is 5.93. The highest BCUT2D eigenvalue weighted by Crippen LogP contribution is 2.29. The highest BCUT2D eigenvalue weighted by atomic mass is 16.4. The molecular formula is C16H18O8. The van der Waals surface area contributed by atoms with E-state index < -0.39 is 35.7 Å². The van der Waals surface area contributed by atoms with Gasteiger partial charge in [0, 0.05) is 0 Å². The van der Waals surface area contributed by atoms with Crippen molar-refractivity contribution in [1.82, 2.24) is 0 Å². The number of aromatic carboxylic acids is 2. The summed E-state index contributed by atoms with van der Waals surface area (Å²) in [5, 5.41) is 34.3. The van der Waals surface area contributed by atoms with Crippen LogP contribution in [-0.4, -0.2) is 44.3 Å². The lowest BCUT2D eigenvalue weighted by Crippen LogP contribution is -2.26. The van der Waals surface area contributed by atoms with Gasteiger partial charge in [-0.2, -0.15) is 0 Å². The van der Waals surface area contributed by atoms with Gasteiger partial charge in [-0.1, -0.05) is 12.5 Å². The van der Waals surface area contributed by atoms with Crippen molar-refractivity contribution in [1.29, 1.82) is 0 Å². The van der Waals surface area contributed by atoms with E-state index >= 15 is 0 Å². The molecule has 8 heteroatoms. The zero-order valence-electron chi connectivity index (χ0n) is 12.7. The van der Waals surface area contributed by atoms with Crippen LogP contribution in [0.4, 0.5) is 0 Å². The molecule has 0 aromatic heterocycles. The molecule has 4 N–H and O–H groups in total. The lowest BCUT2D eigenvalue weighted by atomic mass is 9.81. The van der Waals surface area contributed by atoms with Gasteiger partial charge < -0.3 is 20.4 Å². The van der Waals surface area contributed by atoms with Crippen molar-refractivity contribution in [3.05, 3.63) is 35.4 Å². The molecule has 1 fully saturated rings. The maximum atomic E-state index is 10.5. The first-order chi connectivity index (χ1) is 11.2. The Morgan fingerprint density at radius 1 is 0.792 bits per heavy atom. The summed E-state index contributed by atoms with van der Waals surface area (Å²) in [5.41, 5.74) is -0.0372. The summed E-state index contributed by atoms with van der Waals surface area (Å²) in [6.45, 7) is 0. The van der Waals surface area contributed by atoms with Gasteiger partial charge in [0.2, 0.25) is 0 Å². The van der Waals surface area contributed by atoms with Crippen LogP contribution in [0.2, 0.25) is 0 Å². The van der Waals surface area contributed by atoms with Crippen molar-refractivity contribution in [2.45, 2.75) is 25.7 Å². The Hall–Kier alpha value is -2.90. The van der Waals surface area contributed by atoms with E-state index in [4.69, 9.17) is 20.4 Å². The van der Waals surface area contributed by atoms with E-state index in [1.165, 1.54) is 18.2 Å². The molecule has 0 spiro atoms. The van der Waals surface area contributed by atoms with Gasteiger partial charge in [0.15, 0.2) is 0 Å². The largest absolute Gasteiger partial charge is 0.481 e. The average molecular weight is 338 g/mol. The van der Waals surface area contributed by atoms with Gasteiger partial charge in [0.1, 0.15) is 0 Å². The van der Waals surface area contributed by atoms with Gasteiger partial charge in [0.25, 0.3) is 0 Å². The van der Waals surface area contributed by atoms with Crippen LogP contribution in [0.1, 0.15) is 46.4 Å². The van der Waals surface area contributed by atoms with Gasteiger partial charge in [-0.25, -0.2) is 9.59 Å². The number of carbonyl (C=O) groups is 4. The summed E-state index contributed by atoms with van der Waals surface area (Å²) < 4.78 is 0. The smallest absolute Gasteiger partial charge is 0.335 e. The Labute approximate surface area is 137 Å². The van der Waals surface area contributed by atoms with E-state index in [-0.39, 0.29) is 11.1 Å². The minimum absolute atomic E-state index is 0.0186. The fourth-order valence-corrected chi connectivity index (χ4v) is 2.42. The molecule has 0 saturated heterocycles. The fourth-order valence-electron chi connectivity index (χ4n) is 2.42. The van der Waals surface area contributed by atoms with E-state index in [1.54, 1.807) is 0 Å². The molecule has 1 saturated carbocycles. The first-order valence-electron chi connectivity index (χ1n) is 7.24. The number of carboxylic acids is 4. The molecular weight excluding hydrogens is 320 g/mol. The Bertz CT molecular complexity index is 587. The van der Waals surface area contributed by atoms with Crippen LogP contribution >= 0.6 is 0 Å². The molecule has 1 aromatic carbocycles. The third-order valence-electron chi connectivity index (χ3n) is 3.73. The van der Waals surface area contributed by atoms with E-state index in [2.05, 4.69) is 0 Å². The Morgan fingerprint density at radius 2 is 1.21 bits per heavy atom. The SMILES string of the molecule is O=C(O)C1CCCC(C(=O)O)C1.O=C(O)c1cccc(C(=O)O)c1. The second kappa shape index (κ2) is 8.66. The second-order valence-corrected chi connectivity index (χ2v) is 5.43. The molecule has 1 aromatic rings. The lowest BCUT2D eigenvalue weighted by molar-refractivity contribution is -0.147. The van der Waals surface area contributed by atoms with Crippen molar-refractivity contribution in [2.75, 3.05) is 0 Å². The predicted octanol–water partition coefficient (Wildman–Crippen LogP) is 2.05. The van der Waals surface area contributed by atoms with E-state index in [0.29, 0.717) is 25.7 Å². The van der Waals surface area contributed by atoms with Gasteiger partial charge >= 0.3 is 23.9 Å². The van der Waals surface area contributed by atoms with Gasteiger partial charge in [-0.15, -0.1) is 0 Å². The molecule has 0 aliphatic heterocycles. The average Bonchev–Trinajstić information content (AvgIpc) is 2.55. The number of hydrogen-bond acceptors (Lipinski definition) is 4. The summed E-state index contributed by atoms with van der Waals surface area (Å²) in [7, 11) is 0. The molecule has 2 rings (SSSR count). The maximum Gasteiger partial charge on any atom is 0.335 e. The molecule has 0 bridgehead atoms. The van der Waals surface area contributed by atoms with Crippen molar-refractivity contribution in [3.63, 3.8) is 0 Å². The molecule has 1 aliphatic rings. The van der Waals surface area contributed by atoms with Crippen LogP contribution in [0.3, 0.4) is 0 Å². The van der Waals surface area contributed by atoms with Gasteiger partial charge in [0.05, 0.1) is 23.0 Å². The predicted molar refractivity (Wildman–Crippen MR) is 81.1 cm³/mol. The molecule has 130 valence electrons. The monoisotopic (exact) mass is 338 g/mol. The summed E-state index contributed by atoms with van der Waals surface area (Å²) in [6.07, 6.45) is 2.26. The van der Waals surface area contributed by atoms with Crippen LogP contribution in [0.15, 0.2) is 24.3 Å². The van der Waals surface area contributed by atoms with Crippen LogP contribution in [0.25, 0.3) is 0 Å². The second-order valence-electron chi connectivity index (χ2n) is 5.43. The number of benzene rings is 1. The Balaban J connectivity index is 0.000000240. The van der Waals surface area contributed by atoms with Crippen molar-refractivity contribution in [2.24, 2.45) is 11.8 Å². The summed E-state index contributed by atoms with van der Waals surface area (Å²) >= 11 is 0. The molecule has 8 nitrogen and oxygen atoms in total. The van der Waals surface area contributed by atoms with E-state index in [1.807, 2.05) is 0 Å². The first-order valence-corrected chi connectivity index (χ1v) is 7.24. The number of aliphatic carboxylic acids is 2. The van der Waals surface area contributed by atoms with Crippen LogP contribution < -0.4 is 0 Å². The minimum atomic E-state index is -1.13. The number of hydrogen-bond donors (Lipinski definition) is 4. The summed E-state index contributed by atoms with van der Waals surface area (Å²) in [5.74, 6) is -4.86. The van der Waals surface area contributed by atoms with E-state index in [0.717, 1.165) is 6.07 Å². The third kappa shape index (κ3) is 5.71. The Kier molecular flexibility index (Phi) is 6.91. The fraction of sp³-hybridized carbons (Fsp3) is 0.375. The standard InChI is InChI=1S/C8H12O4.C8H6O4/c2*9-7(10)5-2-1-3-6(4-5)8(11)12/h5-6H,1-4H2,(H,9,10)(H,11,12);1-4H,(H,9,10)(H,11,12). The zero-order valence-corrected chi connectivity index (χ0v) is 12.7. The molecule has 2 atom stereocenters. The molecule has 0 amide bonds. The number of rotatable bonds is 4. The third-order valence-corrected chi connectivity index (χ3v) is 3.73. The van der Waals surface area contributed by atoms with Crippen molar-refractivity contribution in [3.8, 4) is 0 Å². The molecule has 0 heterocycles. The molecule has 2 unspecified atom stereocenters. The maximum absolute atomic E-state index is 10.5. The summed E-state index contributed by atoms with van der Waals surface area (Å²) in [4.78, 5) is 41.8. The molecule has 0 radical (unpaired) electrons. The van der Waals surface area contributed by atoms with Crippen LogP contribution in [0.5, 0.6) is 0 Å². The minimum Gasteiger partial charge on any atom is -0.481 e. The van der Waals surface area contributed by atoms with Gasteiger partial charge in [-0.05, 0) is 37.5 Å². The lowest BCUT2D eigenvalue weighted by Gasteiger charge is -2.23. The Morgan fingerprint density at radius 3 is 1.54 bits per heavy atom. The van der Waals surface area contributed by atoms with Crippen molar-refractivity contribution < 1.29 is 39.6 Å². The van der Waals surface area contributed by atoms with E-state index in [9.17, 15) is 19.2 Å². The summed E-state index contributed by atoms with van der Waals surface area (Å²) in [6, 6.07) is 5.20. The van der Waals surface area contributed by atoms with Crippen molar-refractivity contribution >= 4 is 23.9 Å². The normalized spacial score (nSPS) is 19.5. The highest BCUT2D eigenvalue weighted by Gasteiger charge is 2.30. The van der Waals surface area contributed by atoms with Gasteiger partial charge in [-0.3, -0.25) is 9.59 Å². The molecule has 24 heavy (non-hydrogen) atoms. The zero-order chi connectivity index (χ0) is 18.3. The molecule has 1 aliphatic carbocycles. The topological polar surface area (TPSA) is 149 Å². The first kappa shape index (κ1) is 19.1.